The topological polar surface area (TPSA) is 121 Å². The summed E-state index contributed by atoms with van der Waals surface area (Å²) in [5, 5.41) is 0. The molecule has 0 amide bonds. The first-order valence-corrected chi connectivity index (χ1v) is 21.3. The summed E-state index contributed by atoms with van der Waals surface area (Å²) < 4.78 is 9.27. The molecule has 3 atom stereocenters. The van der Waals surface area contributed by atoms with Crippen LogP contribution in [0.4, 0.5) is 0 Å². The standard InChI is InChI=1S/C35H70NO.Na.H3O4P/c1-4-7-9-11-13-15-17-19-20-22-24-26-28-30-32-33(35(37)34(36)6-3)31-29-27-25-23-21-18-16-14-12-10-8-5-2;;1-5(2,3)4/h6,33-34H,4-5,7-32,36H2,1-3H3;;(H3,1,2,3,4). The molecule has 0 fully saturated rings. The summed E-state index contributed by atoms with van der Waals surface area (Å²) >= 11 is 1.01. The van der Waals surface area contributed by atoms with E-state index in [4.69, 9.17) is 25.0 Å². The number of hydrogen-bond acceptors (Lipinski definition) is 3. The fourth-order valence-electron chi connectivity index (χ4n) is 5.85. The third-order valence-corrected chi connectivity index (χ3v) is 9.48. The summed E-state index contributed by atoms with van der Waals surface area (Å²) in [6.45, 7) is 6.74. The van der Waals surface area contributed by atoms with Crippen LogP contribution in [0.5, 0.6) is 0 Å². The molecule has 0 saturated carbocycles. The maximum Gasteiger partial charge on any atom is 0.466 e. The maximum atomic E-state index is 13.1. The minimum absolute atomic E-state index is 0.212. The molecule has 0 heterocycles. The molecule has 0 bridgehead atoms. The molecule has 0 spiro atoms. The third-order valence-electron chi connectivity index (χ3n) is 8.76. The van der Waals surface area contributed by atoms with Gasteiger partial charge in [0.15, 0.2) is 0 Å². The van der Waals surface area contributed by atoms with Gasteiger partial charge in [-0.15, -0.1) is 0 Å². The Labute approximate surface area is 285 Å². The first-order valence-electron chi connectivity index (χ1n) is 18.6. The van der Waals surface area contributed by atoms with Gasteiger partial charge in [0.1, 0.15) is 0 Å². The Kier molecular flexibility index (Phi) is 36.4. The summed E-state index contributed by atoms with van der Waals surface area (Å²) in [5.41, 5.74) is 6.33. The number of nitrogens with two attached hydrogens (primary N) is 1. The van der Waals surface area contributed by atoms with Crippen LogP contribution in [0.15, 0.2) is 0 Å². The normalized spacial score (nSPS) is 13.8. The molecule has 0 aromatic heterocycles. The molecule has 5 N–H and O–H groups in total. The van der Waals surface area contributed by atoms with Gasteiger partial charge in [0.05, 0.1) is 0 Å². The fourth-order valence-corrected chi connectivity index (χ4v) is 6.18. The van der Waals surface area contributed by atoms with Gasteiger partial charge in [0, 0.05) is 0 Å². The van der Waals surface area contributed by atoms with Crippen molar-refractivity contribution < 1.29 is 24.0 Å². The van der Waals surface area contributed by atoms with E-state index >= 15 is 0 Å². The Balaban J connectivity index is 0. The molecule has 0 aromatic rings. The van der Waals surface area contributed by atoms with Crippen LogP contribution < -0.4 is 5.73 Å². The number of ketones is 1. The van der Waals surface area contributed by atoms with Gasteiger partial charge in [-0.05, 0) is 0 Å². The molecule has 0 aromatic carbocycles. The molecular weight excluding hydrogens is 568 g/mol. The van der Waals surface area contributed by atoms with Crippen molar-refractivity contribution in [2.24, 2.45) is 11.7 Å². The summed E-state index contributed by atoms with van der Waals surface area (Å²) in [5.74, 6) is 0.604. The smallest absolute Gasteiger partial charge is 0.303 e. The van der Waals surface area contributed by atoms with Gasteiger partial charge in [-0.2, -0.15) is 0 Å². The summed E-state index contributed by atoms with van der Waals surface area (Å²) in [6.07, 6.45) is 38.2. The molecule has 8 heteroatoms. The largest absolute Gasteiger partial charge is 0.466 e. The number of carbonyl (C=O) groups excluding carboxylic acids is 1. The molecule has 254 valence electrons. The Bertz CT molecular complexity index is 623. The Morgan fingerprint density at radius 3 is 0.977 bits per heavy atom. The first kappa shape index (κ1) is 45.9. The molecule has 0 radical (unpaired) electrons. The van der Waals surface area contributed by atoms with Crippen LogP contribution in [0.25, 0.3) is 0 Å². The van der Waals surface area contributed by atoms with E-state index in [0.717, 1.165) is 40.8 Å². The monoisotopic (exact) mass is 642 g/mol. The Morgan fingerprint density at radius 1 is 0.558 bits per heavy atom. The Hall–Kier alpha value is 0.740. The van der Waals surface area contributed by atoms with Crippen molar-refractivity contribution in [2.75, 3.05) is 0 Å². The minimum atomic E-state index is -4.64. The van der Waals surface area contributed by atoms with E-state index in [1.54, 1.807) is 0 Å². The van der Waals surface area contributed by atoms with Crippen molar-refractivity contribution in [3.05, 3.63) is 0 Å². The number of carbonyl (C=O) groups is 1. The third kappa shape index (κ3) is 38.8. The second-order valence-corrected chi connectivity index (χ2v) is 16.3. The van der Waals surface area contributed by atoms with Gasteiger partial charge in [0.2, 0.25) is 0 Å². The van der Waals surface area contributed by atoms with Crippen LogP contribution in [0.3, 0.4) is 0 Å². The minimum Gasteiger partial charge on any atom is -0.303 e. The van der Waals surface area contributed by atoms with E-state index in [1.807, 2.05) is 0 Å². The van der Waals surface area contributed by atoms with E-state index in [9.17, 15) is 4.79 Å². The molecule has 6 nitrogen and oxygen atoms in total. The van der Waals surface area contributed by atoms with Crippen molar-refractivity contribution in [1.82, 2.24) is 0 Å². The SMILES string of the molecule is CCCCCCCCCCCCCCCCC(CCCCCCCCCCCCCC)C(=O)C(N)[CH](C)[Na].O=P(O)(O)O. The molecule has 0 rings (SSSR count). The number of unbranched alkanes of at least 4 members (excludes halogenated alkanes) is 24. The zero-order valence-corrected chi connectivity index (χ0v) is 32.1. The van der Waals surface area contributed by atoms with Crippen LogP contribution in [0.1, 0.15) is 201 Å². The van der Waals surface area contributed by atoms with Crippen LogP contribution in [0, 0.1) is 5.92 Å². The van der Waals surface area contributed by atoms with E-state index in [0.29, 0.717) is 8.95 Å². The van der Waals surface area contributed by atoms with Crippen molar-refractivity contribution in [1.29, 1.82) is 0 Å². The molecule has 3 unspecified atom stereocenters. The van der Waals surface area contributed by atoms with Crippen molar-refractivity contribution >= 4 is 41.5 Å². The number of rotatable bonds is 31. The van der Waals surface area contributed by atoms with E-state index in [-0.39, 0.29) is 12.0 Å². The Morgan fingerprint density at radius 2 is 0.767 bits per heavy atom. The number of hydrogen-bond donors (Lipinski definition) is 4. The van der Waals surface area contributed by atoms with Gasteiger partial charge in [0.25, 0.3) is 0 Å². The summed E-state index contributed by atoms with van der Waals surface area (Å²) in [4.78, 5) is 34.6. The van der Waals surface area contributed by atoms with Crippen molar-refractivity contribution in [3.8, 4) is 0 Å². The van der Waals surface area contributed by atoms with Crippen LogP contribution in [-0.4, -0.2) is 54.4 Å². The molecule has 0 aliphatic rings. The van der Waals surface area contributed by atoms with Gasteiger partial charge in [-0.3, -0.25) is 0 Å². The predicted octanol–water partition coefficient (Wildman–Crippen LogP) is 10.5. The predicted molar refractivity (Wildman–Crippen MR) is 187 cm³/mol. The van der Waals surface area contributed by atoms with E-state index in [1.165, 1.54) is 167 Å². The van der Waals surface area contributed by atoms with Crippen molar-refractivity contribution in [3.63, 3.8) is 0 Å². The molecule has 0 saturated heterocycles. The fraction of sp³-hybridized carbons (Fsp3) is 0.971. The number of phosphoric acid groups is 1. The van der Waals surface area contributed by atoms with Gasteiger partial charge in [-0.1, -0.05) is 90.9 Å². The summed E-state index contributed by atoms with van der Waals surface area (Å²) in [7, 11) is -4.64. The van der Waals surface area contributed by atoms with Crippen LogP contribution >= 0.6 is 7.82 Å². The molecule has 0 aliphatic heterocycles. The molecule has 43 heavy (non-hydrogen) atoms. The first-order chi connectivity index (χ1) is 20.5. The van der Waals surface area contributed by atoms with Gasteiger partial charge in [-0.25, -0.2) is 4.57 Å². The average Bonchev–Trinajstić information content (AvgIpc) is 2.95. The van der Waals surface area contributed by atoms with Gasteiger partial charge >= 0.3 is 177 Å². The second-order valence-electron chi connectivity index (χ2n) is 13.4. The van der Waals surface area contributed by atoms with E-state index < -0.39 is 7.82 Å². The molecule has 0 aliphatic carbocycles. The average molecular weight is 642 g/mol. The zero-order chi connectivity index (χ0) is 32.6. The van der Waals surface area contributed by atoms with Crippen molar-refractivity contribution in [2.45, 2.75) is 210 Å². The second kappa shape index (κ2) is 34.1. The summed E-state index contributed by atoms with van der Waals surface area (Å²) in [6, 6.07) is -0.212. The van der Waals surface area contributed by atoms with Gasteiger partial charge < -0.3 is 14.7 Å². The van der Waals surface area contributed by atoms with Crippen LogP contribution in [0.2, 0.25) is 3.17 Å². The van der Waals surface area contributed by atoms with E-state index in [2.05, 4.69) is 20.8 Å². The van der Waals surface area contributed by atoms with Crippen LogP contribution in [-0.2, 0) is 9.36 Å². The maximum absolute atomic E-state index is 13.1. The zero-order valence-electron chi connectivity index (χ0n) is 29.2. The quantitative estimate of drug-likeness (QED) is 0.0339. The number of Topliss-reactive ketones (excluding diaryl/α,β-unsaturated/α-hetero) is 1. The molecular formula is C35H73NNaO5P.